The Kier molecular flexibility index (Phi) is 4.88. The zero-order valence-electron chi connectivity index (χ0n) is 10.9. The Morgan fingerprint density at radius 3 is 2.61 bits per heavy atom. The van der Waals surface area contributed by atoms with Crippen molar-refractivity contribution < 1.29 is 4.74 Å². The lowest BCUT2D eigenvalue weighted by atomic mass is 10.2. The second kappa shape index (κ2) is 6.43. The fourth-order valence-corrected chi connectivity index (χ4v) is 3.55. The number of nitrogens with zero attached hydrogens (tertiary/aromatic N) is 2. The molecule has 1 atom stereocenters. The molecule has 2 heterocycles. The summed E-state index contributed by atoms with van der Waals surface area (Å²) in [6.45, 7) is 6.92. The monoisotopic (exact) mass is 270 g/mol. The predicted molar refractivity (Wildman–Crippen MR) is 76.0 cm³/mol. The van der Waals surface area contributed by atoms with Crippen LogP contribution in [0.3, 0.4) is 0 Å². The maximum Gasteiger partial charge on any atom is 0.0971 e. The van der Waals surface area contributed by atoms with Crippen LogP contribution >= 0.6 is 11.8 Å². The zero-order valence-corrected chi connectivity index (χ0v) is 11.8. The molecule has 0 aromatic rings. The summed E-state index contributed by atoms with van der Waals surface area (Å²) in [7, 11) is 0. The van der Waals surface area contributed by atoms with E-state index in [-0.39, 0.29) is 0 Å². The van der Waals surface area contributed by atoms with Crippen LogP contribution in [0.1, 0.15) is 13.3 Å². The minimum atomic E-state index is 0.453. The maximum absolute atomic E-state index is 8.18. The van der Waals surface area contributed by atoms with Crippen LogP contribution < -0.4 is 0 Å². The molecular weight excluding hydrogens is 248 g/mol. The number of rotatable bonds is 2. The average molecular weight is 270 g/mol. The molecule has 1 unspecified atom stereocenters. The van der Waals surface area contributed by atoms with Crippen molar-refractivity contribution in [3.05, 3.63) is 0 Å². The molecule has 0 aromatic carbocycles. The Labute approximate surface area is 113 Å². The first-order valence-corrected chi connectivity index (χ1v) is 7.53. The van der Waals surface area contributed by atoms with Gasteiger partial charge in [-0.1, -0.05) is 0 Å². The Morgan fingerprint density at radius 2 is 1.94 bits per heavy atom. The molecule has 5 nitrogen and oxygen atoms in total. The van der Waals surface area contributed by atoms with E-state index in [1.165, 1.54) is 0 Å². The topological polar surface area (TPSA) is 63.4 Å². The van der Waals surface area contributed by atoms with Crippen molar-refractivity contribution in [1.29, 1.82) is 10.8 Å². The highest BCUT2D eigenvalue weighted by Crippen LogP contribution is 2.22. The van der Waals surface area contributed by atoms with Gasteiger partial charge in [0.1, 0.15) is 0 Å². The van der Waals surface area contributed by atoms with Gasteiger partial charge in [-0.3, -0.25) is 10.8 Å². The summed E-state index contributed by atoms with van der Waals surface area (Å²) >= 11 is 1.94. The third kappa shape index (κ3) is 3.62. The number of ether oxygens (including phenoxy) is 1. The molecule has 2 aliphatic rings. The fourth-order valence-electron chi connectivity index (χ4n) is 2.33. The van der Waals surface area contributed by atoms with E-state index < -0.39 is 0 Å². The number of amidine groups is 2. The highest BCUT2D eigenvalue weighted by molar-refractivity contribution is 8.00. The number of nitrogens with one attached hydrogen (secondary N) is 2. The molecule has 0 aliphatic carbocycles. The molecule has 6 heteroatoms. The summed E-state index contributed by atoms with van der Waals surface area (Å²) in [6, 6.07) is 0. The van der Waals surface area contributed by atoms with Gasteiger partial charge in [-0.25, -0.2) is 0 Å². The Hall–Kier alpha value is -0.750. The average Bonchev–Trinajstić information content (AvgIpc) is 2.40. The molecule has 102 valence electrons. The van der Waals surface area contributed by atoms with Gasteiger partial charge >= 0.3 is 0 Å². The van der Waals surface area contributed by atoms with Crippen LogP contribution in [0.25, 0.3) is 0 Å². The molecule has 2 fully saturated rings. The van der Waals surface area contributed by atoms with E-state index in [1.54, 1.807) is 0 Å². The molecule has 0 spiro atoms. The molecule has 2 rings (SSSR count). The van der Waals surface area contributed by atoms with E-state index in [0.29, 0.717) is 11.1 Å². The summed E-state index contributed by atoms with van der Waals surface area (Å²) in [6.07, 6.45) is 0.814. The molecular formula is C12H22N4OS. The van der Waals surface area contributed by atoms with Crippen LogP contribution in [0.15, 0.2) is 0 Å². The van der Waals surface area contributed by atoms with E-state index in [0.717, 1.165) is 57.4 Å². The van der Waals surface area contributed by atoms with Gasteiger partial charge in [0, 0.05) is 43.6 Å². The first-order chi connectivity index (χ1) is 8.66. The standard InChI is InChI=1S/C12H22N4OS/c1-10(13)16-4-7-18-11(9-16)8-12(14)15-2-5-17-6-3-15/h11,13-14H,2-9H2,1H3. The Balaban J connectivity index is 1.81. The second-order valence-corrected chi connectivity index (χ2v) is 6.18. The molecule has 2 saturated heterocycles. The van der Waals surface area contributed by atoms with Gasteiger partial charge in [0.05, 0.1) is 24.9 Å². The van der Waals surface area contributed by atoms with Crippen LogP contribution in [0.5, 0.6) is 0 Å². The van der Waals surface area contributed by atoms with Crippen molar-refractivity contribution in [2.75, 3.05) is 45.1 Å². The van der Waals surface area contributed by atoms with E-state index >= 15 is 0 Å². The van der Waals surface area contributed by atoms with Gasteiger partial charge in [0.25, 0.3) is 0 Å². The van der Waals surface area contributed by atoms with Crippen molar-refractivity contribution >= 4 is 23.4 Å². The van der Waals surface area contributed by atoms with Crippen molar-refractivity contribution in [2.45, 2.75) is 18.6 Å². The lowest BCUT2D eigenvalue weighted by Gasteiger charge is -2.35. The van der Waals surface area contributed by atoms with E-state index in [4.69, 9.17) is 15.6 Å². The minimum absolute atomic E-state index is 0.453. The van der Waals surface area contributed by atoms with Crippen LogP contribution in [0, 0.1) is 10.8 Å². The summed E-state index contributed by atoms with van der Waals surface area (Å²) in [5.74, 6) is 2.45. The molecule has 0 saturated carbocycles. The van der Waals surface area contributed by atoms with Crippen LogP contribution in [0.4, 0.5) is 0 Å². The zero-order chi connectivity index (χ0) is 13.0. The highest BCUT2D eigenvalue weighted by atomic mass is 32.2. The maximum atomic E-state index is 8.18. The fraction of sp³-hybridized carbons (Fsp3) is 0.833. The SMILES string of the molecule is CC(=N)N1CCSC(CC(=N)N2CCOCC2)C1. The summed E-state index contributed by atoms with van der Waals surface area (Å²) in [5.41, 5.74) is 0. The summed E-state index contributed by atoms with van der Waals surface area (Å²) in [5, 5.41) is 16.3. The lowest BCUT2D eigenvalue weighted by Crippen LogP contribution is -2.45. The van der Waals surface area contributed by atoms with Gasteiger partial charge in [-0.15, -0.1) is 0 Å². The van der Waals surface area contributed by atoms with E-state index in [9.17, 15) is 0 Å². The molecule has 18 heavy (non-hydrogen) atoms. The third-order valence-electron chi connectivity index (χ3n) is 3.43. The molecule has 2 aliphatic heterocycles. The van der Waals surface area contributed by atoms with Crippen LogP contribution in [-0.2, 0) is 4.74 Å². The molecule has 0 bridgehead atoms. The molecule has 0 radical (unpaired) electrons. The van der Waals surface area contributed by atoms with Crippen molar-refractivity contribution in [3.63, 3.8) is 0 Å². The number of thioether (sulfide) groups is 1. The first kappa shape index (κ1) is 13.7. The molecule has 0 aromatic heterocycles. The Morgan fingerprint density at radius 1 is 1.22 bits per heavy atom. The van der Waals surface area contributed by atoms with Crippen LogP contribution in [0.2, 0.25) is 0 Å². The smallest absolute Gasteiger partial charge is 0.0971 e. The predicted octanol–water partition coefficient (Wildman–Crippen LogP) is 1.10. The normalized spacial score (nSPS) is 25.1. The van der Waals surface area contributed by atoms with Gasteiger partial charge in [-0.05, 0) is 6.92 Å². The van der Waals surface area contributed by atoms with E-state index in [1.807, 2.05) is 18.7 Å². The van der Waals surface area contributed by atoms with Crippen molar-refractivity contribution in [1.82, 2.24) is 9.80 Å². The number of morpholine rings is 1. The van der Waals surface area contributed by atoms with E-state index in [2.05, 4.69) is 9.80 Å². The van der Waals surface area contributed by atoms with Gasteiger partial charge in [0.2, 0.25) is 0 Å². The lowest BCUT2D eigenvalue weighted by molar-refractivity contribution is 0.0668. The summed E-state index contributed by atoms with van der Waals surface area (Å²) in [4.78, 5) is 4.24. The molecule has 0 amide bonds. The Bertz CT molecular complexity index is 317. The third-order valence-corrected chi connectivity index (χ3v) is 4.63. The molecule has 2 N–H and O–H groups in total. The first-order valence-electron chi connectivity index (χ1n) is 6.48. The quantitative estimate of drug-likeness (QED) is 0.582. The minimum Gasteiger partial charge on any atom is -0.378 e. The highest BCUT2D eigenvalue weighted by Gasteiger charge is 2.24. The van der Waals surface area contributed by atoms with Crippen LogP contribution in [-0.4, -0.2) is 71.9 Å². The second-order valence-electron chi connectivity index (χ2n) is 4.77. The van der Waals surface area contributed by atoms with Crippen molar-refractivity contribution in [2.24, 2.45) is 0 Å². The number of hydrogen-bond acceptors (Lipinski definition) is 4. The van der Waals surface area contributed by atoms with Crippen molar-refractivity contribution in [3.8, 4) is 0 Å². The van der Waals surface area contributed by atoms with Gasteiger partial charge in [0.15, 0.2) is 0 Å². The van der Waals surface area contributed by atoms with Gasteiger partial charge < -0.3 is 14.5 Å². The number of hydrogen-bond donors (Lipinski definition) is 2. The van der Waals surface area contributed by atoms with Gasteiger partial charge in [-0.2, -0.15) is 11.8 Å². The largest absolute Gasteiger partial charge is 0.378 e. The summed E-state index contributed by atoms with van der Waals surface area (Å²) < 4.78 is 5.31.